The summed E-state index contributed by atoms with van der Waals surface area (Å²) in [5.74, 6) is 0.550. The minimum Gasteiger partial charge on any atom is -0.444 e. The molecule has 7 nitrogen and oxygen atoms in total. The van der Waals surface area contributed by atoms with E-state index in [1.165, 1.54) is 0 Å². The Bertz CT molecular complexity index is 1290. The van der Waals surface area contributed by atoms with E-state index in [2.05, 4.69) is 28.7 Å². The van der Waals surface area contributed by atoms with Crippen LogP contribution in [0.3, 0.4) is 0 Å². The van der Waals surface area contributed by atoms with Crippen LogP contribution in [0.4, 0.5) is 10.5 Å². The zero-order valence-corrected chi connectivity index (χ0v) is 22.2. The highest BCUT2D eigenvalue weighted by atomic mass is 16.6. The smallest absolute Gasteiger partial charge is 0.410 e. The molecule has 1 aliphatic rings. The fraction of sp³-hybridized carbons (Fsp3) is 0.433. The molecule has 0 bridgehead atoms. The van der Waals surface area contributed by atoms with Crippen LogP contribution in [0.5, 0.6) is 0 Å². The number of fused-ring (bicyclic) bond motifs is 1. The number of aromatic nitrogens is 1. The number of hydrogen-bond donors (Lipinski definition) is 1. The van der Waals surface area contributed by atoms with Crippen molar-refractivity contribution in [2.24, 2.45) is 5.92 Å². The van der Waals surface area contributed by atoms with Crippen LogP contribution in [-0.2, 0) is 17.7 Å². The molecule has 194 valence electrons. The predicted molar refractivity (Wildman–Crippen MR) is 146 cm³/mol. The summed E-state index contributed by atoms with van der Waals surface area (Å²) in [6, 6.07) is 13.9. The highest BCUT2D eigenvalue weighted by molar-refractivity contribution is 5.93. The molecule has 1 saturated heterocycles. The van der Waals surface area contributed by atoms with Gasteiger partial charge < -0.3 is 19.5 Å². The number of anilines is 1. The molecule has 0 aliphatic carbocycles. The number of piperidine rings is 1. The first-order chi connectivity index (χ1) is 17.8. The number of aryl methyl sites for hydroxylation is 1. The van der Waals surface area contributed by atoms with Gasteiger partial charge in [0.1, 0.15) is 5.60 Å². The molecule has 0 saturated carbocycles. The Kier molecular flexibility index (Phi) is 8.17. The number of carbonyl (C=O) groups excluding carboxylic acids is 1. The number of hydrogen-bond acceptors (Lipinski definition) is 6. The Balaban J connectivity index is 1.38. The van der Waals surface area contributed by atoms with E-state index in [1.54, 1.807) is 0 Å². The SMILES string of the molecule is CC=Cc1c(NCc2ccc(C#N)cc2)ccc2c(CCC3CCN(C(=O)OC(C)(C)C)CC3)noc12. The van der Waals surface area contributed by atoms with Gasteiger partial charge in [-0.1, -0.05) is 29.4 Å². The fourth-order valence-electron chi connectivity index (χ4n) is 4.71. The molecule has 1 N–H and O–H groups in total. The number of benzene rings is 2. The molecule has 1 amide bonds. The van der Waals surface area contributed by atoms with Crippen molar-refractivity contribution < 1.29 is 14.1 Å². The van der Waals surface area contributed by atoms with Crippen molar-refractivity contribution >= 4 is 28.8 Å². The molecule has 0 atom stereocenters. The van der Waals surface area contributed by atoms with Gasteiger partial charge in [-0.3, -0.25) is 0 Å². The normalized spacial score (nSPS) is 14.7. The number of ether oxygens (including phenoxy) is 1. The molecule has 1 fully saturated rings. The number of nitrogens with one attached hydrogen (secondary N) is 1. The van der Waals surface area contributed by atoms with Crippen LogP contribution >= 0.6 is 0 Å². The summed E-state index contributed by atoms with van der Waals surface area (Å²) in [7, 11) is 0. The minimum absolute atomic E-state index is 0.214. The lowest BCUT2D eigenvalue weighted by Crippen LogP contribution is -2.41. The van der Waals surface area contributed by atoms with E-state index in [1.807, 2.05) is 69.0 Å². The van der Waals surface area contributed by atoms with Gasteiger partial charge in [0.05, 0.1) is 17.3 Å². The first-order valence-corrected chi connectivity index (χ1v) is 13.0. The van der Waals surface area contributed by atoms with Crippen LogP contribution in [0, 0.1) is 17.2 Å². The maximum absolute atomic E-state index is 12.3. The quantitative estimate of drug-likeness (QED) is 0.378. The van der Waals surface area contributed by atoms with Crippen LogP contribution in [0.2, 0.25) is 0 Å². The number of allylic oxidation sites excluding steroid dienone is 1. The van der Waals surface area contributed by atoms with Crippen LogP contribution in [0.25, 0.3) is 17.0 Å². The number of carbonyl (C=O) groups is 1. The van der Waals surface area contributed by atoms with Crippen molar-refractivity contribution in [3.8, 4) is 6.07 Å². The highest BCUT2D eigenvalue weighted by Crippen LogP contribution is 2.32. The van der Waals surface area contributed by atoms with E-state index in [-0.39, 0.29) is 6.09 Å². The molecule has 7 heteroatoms. The van der Waals surface area contributed by atoms with Crippen molar-refractivity contribution in [2.45, 2.75) is 65.5 Å². The molecule has 4 rings (SSSR count). The van der Waals surface area contributed by atoms with E-state index in [9.17, 15) is 4.79 Å². The Morgan fingerprint density at radius 1 is 1.22 bits per heavy atom. The summed E-state index contributed by atoms with van der Waals surface area (Å²) in [5.41, 5.74) is 5.02. The van der Waals surface area contributed by atoms with Crippen molar-refractivity contribution in [1.82, 2.24) is 10.1 Å². The third kappa shape index (κ3) is 6.71. The second kappa shape index (κ2) is 11.5. The largest absolute Gasteiger partial charge is 0.444 e. The maximum atomic E-state index is 12.3. The molecule has 2 aromatic carbocycles. The summed E-state index contributed by atoms with van der Waals surface area (Å²) in [6.07, 6.45) is 7.64. The molecular formula is C30H36N4O3. The number of amides is 1. The fourth-order valence-corrected chi connectivity index (χ4v) is 4.71. The summed E-state index contributed by atoms with van der Waals surface area (Å²) in [4.78, 5) is 14.2. The van der Waals surface area contributed by atoms with Gasteiger partial charge in [-0.15, -0.1) is 0 Å². The average Bonchev–Trinajstić information content (AvgIpc) is 3.30. The summed E-state index contributed by atoms with van der Waals surface area (Å²) in [6.45, 7) is 9.80. The van der Waals surface area contributed by atoms with Crippen molar-refractivity contribution in [1.29, 1.82) is 5.26 Å². The van der Waals surface area contributed by atoms with Crippen LogP contribution in [0.1, 0.15) is 69.3 Å². The second-order valence-corrected chi connectivity index (χ2v) is 10.6. The third-order valence-corrected chi connectivity index (χ3v) is 6.71. The van der Waals surface area contributed by atoms with Crippen molar-refractivity contribution in [3.63, 3.8) is 0 Å². The zero-order valence-electron chi connectivity index (χ0n) is 22.2. The topological polar surface area (TPSA) is 91.4 Å². The zero-order chi connectivity index (χ0) is 26.4. The standard InChI is InChI=1S/C30H36N4O3/c1-5-6-24-26(32-20-23-9-7-22(19-31)8-10-23)14-12-25-27(33-37-28(24)25)13-11-21-15-17-34(18-16-21)29(35)36-30(2,3)4/h5-10,12,14,21,32H,11,13,15-18,20H2,1-4H3. The monoisotopic (exact) mass is 500 g/mol. The van der Waals surface area contributed by atoms with Gasteiger partial charge >= 0.3 is 6.09 Å². The minimum atomic E-state index is -0.465. The lowest BCUT2D eigenvalue weighted by Gasteiger charge is -2.33. The van der Waals surface area contributed by atoms with Crippen LogP contribution < -0.4 is 5.32 Å². The third-order valence-electron chi connectivity index (χ3n) is 6.71. The van der Waals surface area contributed by atoms with Crippen LogP contribution in [0.15, 0.2) is 47.0 Å². The first kappa shape index (κ1) is 26.3. The molecule has 3 aromatic rings. The van der Waals surface area contributed by atoms with E-state index in [0.717, 1.165) is 72.3 Å². The molecule has 0 spiro atoms. The lowest BCUT2D eigenvalue weighted by molar-refractivity contribution is 0.0181. The van der Waals surface area contributed by atoms with Crippen molar-refractivity contribution in [2.75, 3.05) is 18.4 Å². The predicted octanol–water partition coefficient (Wildman–Crippen LogP) is 6.92. The highest BCUT2D eigenvalue weighted by Gasteiger charge is 2.27. The molecule has 1 aliphatic heterocycles. The van der Waals surface area contributed by atoms with Gasteiger partial charge in [-0.05, 0) is 89.1 Å². The molecule has 0 radical (unpaired) electrons. The lowest BCUT2D eigenvalue weighted by atomic mass is 9.91. The van der Waals surface area contributed by atoms with Crippen LogP contribution in [-0.4, -0.2) is 34.8 Å². The Labute approximate surface area is 219 Å². The van der Waals surface area contributed by atoms with Gasteiger partial charge in [-0.2, -0.15) is 5.26 Å². The summed E-state index contributed by atoms with van der Waals surface area (Å²) in [5, 5.41) is 18.0. The molecule has 37 heavy (non-hydrogen) atoms. The Morgan fingerprint density at radius 2 is 1.95 bits per heavy atom. The summed E-state index contributed by atoms with van der Waals surface area (Å²) >= 11 is 0. The second-order valence-electron chi connectivity index (χ2n) is 10.6. The Morgan fingerprint density at radius 3 is 2.59 bits per heavy atom. The Hall–Kier alpha value is -3.79. The van der Waals surface area contributed by atoms with E-state index < -0.39 is 5.60 Å². The van der Waals surface area contributed by atoms with Gasteiger partial charge in [0, 0.05) is 36.3 Å². The molecule has 0 unspecified atom stereocenters. The number of rotatable bonds is 7. The van der Waals surface area contributed by atoms with Gasteiger partial charge in [0.25, 0.3) is 0 Å². The van der Waals surface area contributed by atoms with Gasteiger partial charge in [-0.25, -0.2) is 4.79 Å². The first-order valence-electron chi connectivity index (χ1n) is 13.0. The van der Waals surface area contributed by atoms with Crippen molar-refractivity contribution in [3.05, 3.63) is 64.9 Å². The maximum Gasteiger partial charge on any atom is 0.410 e. The average molecular weight is 501 g/mol. The molecule has 2 heterocycles. The molecule has 1 aromatic heterocycles. The van der Waals surface area contributed by atoms with Gasteiger partial charge in [0.2, 0.25) is 0 Å². The van der Waals surface area contributed by atoms with E-state index in [0.29, 0.717) is 18.0 Å². The van der Waals surface area contributed by atoms with Gasteiger partial charge in [0.15, 0.2) is 5.58 Å². The van der Waals surface area contributed by atoms with E-state index >= 15 is 0 Å². The number of nitrogens with zero attached hydrogens (tertiary/aromatic N) is 3. The summed E-state index contributed by atoms with van der Waals surface area (Å²) < 4.78 is 11.4. The number of nitriles is 1. The van der Waals surface area contributed by atoms with E-state index in [4.69, 9.17) is 14.5 Å². The number of likely N-dealkylation sites (tertiary alicyclic amines) is 1. The molecular weight excluding hydrogens is 464 g/mol.